The fourth-order valence-corrected chi connectivity index (χ4v) is 1.69. The van der Waals surface area contributed by atoms with Gasteiger partial charge >= 0.3 is 5.97 Å². The van der Waals surface area contributed by atoms with Crippen LogP contribution in [0.2, 0.25) is 0 Å². The lowest BCUT2D eigenvalue weighted by Crippen LogP contribution is -2.32. The third-order valence-electron chi connectivity index (χ3n) is 2.97. The number of ether oxygens (including phenoxy) is 1. The third-order valence-corrected chi connectivity index (χ3v) is 2.97. The molecule has 1 unspecified atom stereocenters. The molecule has 0 spiro atoms. The van der Waals surface area contributed by atoms with Gasteiger partial charge in [-0.2, -0.15) is 0 Å². The van der Waals surface area contributed by atoms with Crippen LogP contribution in [-0.4, -0.2) is 23.7 Å². The molecular weight excluding hydrogens is 237 g/mol. The maximum Gasteiger partial charge on any atom is 0.320 e. The highest BCUT2D eigenvalue weighted by Gasteiger charge is 2.24. The van der Waals surface area contributed by atoms with Crippen molar-refractivity contribution in [1.29, 1.82) is 0 Å². The minimum Gasteiger partial charge on any atom is -0.490 e. The van der Waals surface area contributed by atoms with E-state index in [1.165, 1.54) is 12.1 Å². The number of carboxylic acid groups (broad SMARTS) is 1. The Labute approximate surface area is 105 Å². The van der Waals surface area contributed by atoms with E-state index >= 15 is 0 Å². The Bertz CT molecular complexity index is 446. The molecule has 1 aliphatic rings. The molecule has 5 heteroatoms. The molecule has 0 amide bonds. The van der Waals surface area contributed by atoms with Gasteiger partial charge < -0.3 is 15.6 Å². The van der Waals surface area contributed by atoms with E-state index in [4.69, 9.17) is 15.6 Å². The summed E-state index contributed by atoms with van der Waals surface area (Å²) in [5.74, 6) is -0.926. The predicted molar refractivity (Wildman–Crippen MR) is 63.9 cm³/mol. The van der Waals surface area contributed by atoms with Crippen molar-refractivity contribution in [2.24, 2.45) is 11.7 Å². The molecule has 1 aromatic carbocycles. The fraction of sp³-hybridized carbons (Fsp3) is 0.462. The summed E-state index contributed by atoms with van der Waals surface area (Å²) in [4.78, 5) is 10.7. The highest BCUT2D eigenvalue weighted by molar-refractivity contribution is 5.73. The van der Waals surface area contributed by atoms with E-state index in [9.17, 15) is 9.18 Å². The van der Waals surface area contributed by atoms with Crippen LogP contribution in [-0.2, 0) is 11.2 Å². The molecular formula is C13H16FNO3. The molecule has 1 saturated carbocycles. The highest BCUT2D eigenvalue weighted by atomic mass is 19.1. The van der Waals surface area contributed by atoms with Crippen LogP contribution in [0, 0.1) is 11.7 Å². The number of carboxylic acids is 1. The predicted octanol–water partition coefficient (Wildman–Crippen LogP) is 1.57. The first-order valence-electron chi connectivity index (χ1n) is 5.96. The minimum atomic E-state index is -1.10. The number of para-hydroxylation sites is 1. The largest absolute Gasteiger partial charge is 0.490 e. The molecule has 0 aliphatic heterocycles. The molecule has 18 heavy (non-hydrogen) atoms. The Balaban J connectivity index is 2.11. The van der Waals surface area contributed by atoms with Crippen molar-refractivity contribution in [2.75, 3.05) is 6.61 Å². The van der Waals surface area contributed by atoms with E-state index < -0.39 is 17.8 Å². The number of carbonyl (C=O) groups is 1. The summed E-state index contributed by atoms with van der Waals surface area (Å²) in [6.45, 7) is 0.482. The molecule has 98 valence electrons. The Kier molecular flexibility index (Phi) is 3.81. The van der Waals surface area contributed by atoms with E-state index in [1.54, 1.807) is 6.07 Å². The zero-order valence-corrected chi connectivity index (χ0v) is 9.93. The van der Waals surface area contributed by atoms with Crippen LogP contribution in [0.15, 0.2) is 18.2 Å². The lowest BCUT2D eigenvalue weighted by Gasteiger charge is -2.13. The van der Waals surface area contributed by atoms with Crippen LogP contribution in [0.1, 0.15) is 18.4 Å². The van der Waals surface area contributed by atoms with Crippen molar-refractivity contribution >= 4 is 5.97 Å². The SMILES string of the molecule is NC(Cc1cccc(F)c1OCC1CC1)C(=O)O. The van der Waals surface area contributed by atoms with Crippen molar-refractivity contribution < 1.29 is 19.0 Å². The molecule has 0 saturated heterocycles. The van der Waals surface area contributed by atoms with E-state index in [0.29, 0.717) is 18.1 Å². The van der Waals surface area contributed by atoms with Gasteiger partial charge in [-0.1, -0.05) is 12.1 Å². The molecule has 0 aromatic heterocycles. The van der Waals surface area contributed by atoms with Crippen LogP contribution in [0.4, 0.5) is 4.39 Å². The van der Waals surface area contributed by atoms with Gasteiger partial charge in [0.25, 0.3) is 0 Å². The standard InChI is InChI=1S/C13H16FNO3/c14-10-3-1-2-9(6-11(15)13(16)17)12(10)18-7-8-4-5-8/h1-3,8,11H,4-7,15H2,(H,16,17). The van der Waals surface area contributed by atoms with Gasteiger partial charge in [-0.15, -0.1) is 0 Å². The van der Waals surface area contributed by atoms with Gasteiger partial charge in [0.15, 0.2) is 11.6 Å². The van der Waals surface area contributed by atoms with Crippen molar-refractivity contribution in [1.82, 2.24) is 0 Å². The summed E-state index contributed by atoms with van der Waals surface area (Å²) in [6, 6.07) is 3.44. The molecule has 3 N–H and O–H groups in total. The normalized spacial score (nSPS) is 16.3. The lowest BCUT2D eigenvalue weighted by molar-refractivity contribution is -0.138. The zero-order chi connectivity index (χ0) is 13.1. The van der Waals surface area contributed by atoms with E-state index in [2.05, 4.69) is 0 Å². The summed E-state index contributed by atoms with van der Waals surface area (Å²) in [7, 11) is 0. The Morgan fingerprint density at radius 1 is 1.56 bits per heavy atom. The van der Waals surface area contributed by atoms with E-state index in [1.807, 2.05) is 0 Å². The fourth-order valence-electron chi connectivity index (χ4n) is 1.69. The molecule has 0 radical (unpaired) electrons. The van der Waals surface area contributed by atoms with Crippen LogP contribution < -0.4 is 10.5 Å². The second kappa shape index (κ2) is 5.35. The topological polar surface area (TPSA) is 72.5 Å². The van der Waals surface area contributed by atoms with Gasteiger partial charge in [-0.05, 0) is 30.4 Å². The molecule has 1 aromatic rings. The first kappa shape index (κ1) is 12.8. The summed E-state index contributed by atoms with van der Waals surface area (Å²) in [5, 5.41) is 8.77. The summed E-state index contributed by atoms with van der Waals surface area (Å²) < 4.78 is 19.1. The summed E-state index contributed by atoms with van der Waals surface area (Å²) in [5.41, 5.74) is 5.96. The maximum atomic E-state index is 13.7. The maximum absolute atomic E-state index is 13.7. The number of hydrogen-bond donors (Lipinski definition) is 2. The Morgan fingerprint density at radius 2 is 2.28 bits per heavy atom. The monoisotopic (exact) mass is 253 g/mol. The number of halogens is 1. The third kappa shape index (κ3) is 3.20. The van der Waals surface area contributed by atoms with Gasteiger partial charge in [0, 0.05) is 6.42 Å². The van der Waals surface area contributed by atoms with Crippen LogP contribution in [0.3, 0.4) is 0 Å². The highest BCUT2D eigenvalue weighted by Crippen LogP contribution is 2.31. The zero-order valence-electron chi connectivity index (χ0n) is 9.93. The smallest absolute Gasteiger partial charge is 0.320 e. The van der Waals surface area contributed by atoms with Crippen molar-refractivity contribution in [2.45, 2.75) is 25.3 Å². The van der Waals surface area contributed by atoms with E-state index in [0.717, 1.165) is 12.8 Å². The van der Waals surface area contributed by atoms with Crippen LogP contribution in [0.5, 0.6) is 5.75 Å². The quantitative estimate of drug-likeness (QED) is 0.807. The molecule has 0 bridgehead atoms. The summed E-state index contributed by atoms with van der Waals surface area (Å²) in [6.07, 6.45) is 2.28. The van der Waals surface area contributed by atoms with Crippen molar-refractivity contribution in [3.8, 4) is 5.75 Å². The molecule has 1 atom stereocenters. The average Bonchev–Trinajstić information content (AvgIpc) is 3.12. The van der Waals surface area contributed by atoms with Crippen molar-refractivity contribution in [3.05, 3.63) is 29.6 Å². The molecule has 2 rings (SSSR count). The first-order chi connectivity index (χ1) is 8.58. The van der Waals surface area contributed by atoms with Crippen molar-refractivity contribution in [3.63, 3.8) is 0 Å². The van der Waals surface area contributed by atoms with Gasteiger partial charge in [0.1, 0.15) is 6.04 Å². The lowest BCUT2D eigenvalue weighted by atomic mass is 10.1. The number of hydrogen-bond acceptors (Lipinski definition) is 3. The first-order valence-corrected chi connectivity index (χ1v) is 5.96. The van der Waals surface area contributed by atoms with Gasteiger partial charge in [-0.25, -0.2) is 4.39 Å². The number of benzene rings is 1. The second-order valence-corrected chi connectivity index (χ2v) is 4.63. The second-order valence-electron chi connectivity index (χ2n) is 4.63. The van der Waals surface area contributed by atoms with Crippen LogP contribution in [0.25, 0.3) is 0 Å². The average molecular weight is 253 g/mol. The number of nitrogens with two attached hydrogens (primary N) is 1. The minimum absolute atomic E-state index is 0.0626. The Morgan fingerprint density at radius 3 is 2.89 bits per heavy atom. The van der Waals surface area contributed by atoms with Crippen LogP contribution >= 0.6 is 0 Å². The Hall–Kier alpha value is -1.62. The number of aliphatic carboxylic acids is 1. The molecule has 1 fully saturated rings. The molecule has 1 aliphatic carbocycles. The van der Waals surface area contributed by atoms with Gasteiger partial charge in [-0.3, -0.25) is 4.79 Å². The summed E-state index contributed by atoms with van der Waals surface area (Å²) >= 11 is 0. The van der Waals surface area contributed by atoms with E-state index in [-0.39, 0.29) is 12.2 Å². The molecule has 0 heterocycles. The number of rotatable bonds is 6. The van der Waals surface area contributed by atoms with Gasteiger partial charge in [0.2, 0.25) is 0 Å². The molecule has 4 nitrogen and oxygen atoms in total. The van der Waals surface area contributed by atoms with Gasteiger partial charge in [0.05, 0.1) is 6.61 Å².